The molecule has 1 saturated heterocycles. The molecule has 38 heavy (non-hydrogen) atoms. The third-order valence-electron chi connectivity index (χ3n) is 7.35. The van der Waals surface area contributed by atoms with Crippen LogP contribution in [0.25, 0.3) is 0 Å². The highest BCUT2D eigenvalue weighted by molar-refractivity contribution is 5.91. The third kappa shape index (κ3) is 5.07. The van der Waals surface area contributed by atoms with Gasteiger partial charge in [0.25, 0.3) is 0 Å². The zero-order chi connectivity index (χ0) is 27.4. The number of carboxylic acids is 1. The van der Waals surface area contributed by atoms with Crippen LogP contribution in [-0.2, 0) is 19.9 Å². The monoisotopic (exact) mass is 513 g/mol. The lowest BCUT2D eigenvalue weighted by molar-refractivity contribution is -0.152. The lowest BCUT2D eigenvalue weighted by Crippen LogP contribution is -2.50. The molecule has 1 heterocycles. The van der Waals surface area contributed by atoms with Crippen LogP contribution >= 0.6 is 0 Å². The van der Waals surface area contributed by atoms with Gasteiger partial charge in [0.2, 0.25) is 11.8 Å². The van der Waals surface area contributed by atoms with Crippen molar-refractivity contribution in [3.63, 3.8) is 0 Å². The van der Waals surface area contributed by atoms with E-state index in [1.807, 2.05) is 54.6 Å². The summed E-state index contributed by atoms with van der Waals surface area (Å²) in [6.45, 7) is 3.85. The minimum atomic E-state index is -1.06. The van der Waals surface area contributed by atoms with Gasteiger partial charge in [0.1, 0.15) is 12.1 Å². The Kier molecular flexibility index (Phi) is 7.97. The van der Waals surface area contributed by atoms with Crippen LogP contribution in [-0.4, -0.2) is 76.9 Å². The predicted molar refractivity (Wildman–Crippen MR) is 146 cm³/mol. The summed E-state index contributed by atoms with van der Waals surface area (Å²) in [6, 6.07) is 29.1. The van der Waals surface area contributed by atoms with E-state index in [0.717, 1.165) is 16.7 Å². The summed E-state index contributed by atoms with van der Waals surface area (Å²) >= 11 is 0. The zero-order valence-corrected chi connectivity index (χ0v) is 22.3. The Morgan fingerprint density at radius 1 is 0.842 bits per heavy atom. The number of carbonyl (C=O) groups is 3. The van der Waals surface area contributed by atoms with Crippen molar-refractivity contribution in [2.45, 2.75) is 31.5 Å². The molecule has 2 amide bonds. The first kappa shape index (κ1) is 27.1. The molecule has 0 radical (unpaired) electrons. The quantitative estimate of drug-likeness (QED) is 0.330. The molecule has 1 aliphatic rings. The molecular formula is C31H35N3O4. The van der Waals surface area contributed by atoms with E-state index in [0.29, 0.717) is 6.54 Å². The second kappa shape index (κ2) is 11.2. The van der Waals surface area contributed by atoms with Crippen LogP contribution < -0.4 is 0 Å². The van der Waals surface area contributed by atoms with E-state index in [9.17, 15) is 19.5 Å². The molecule has 0 aliphatic carbocycles. The largest absolute Gasteiger partial charge is 0.480 e. The average molecular weight is 514 g/mol. The van der Waals surface area contributed by atoms with Gasteiger partial charge in [0.05, 0.1) is 12.1 Å². The van der Waals surface area contributed by atoms with Gasteiger partial charge in [0.15, 0.2) is 0 Å². The summed E-state index contributed by atoms with van der Waals surface area (Å²) in [5.74, 6) is -1.90. The molecule has 7 heteroatoms. The Morgan fingerprint density at radius 2 is 1.26 bits per heavy atom. The number of aliphatic carboxylic acids is 1. The molecule has 0 aromatic heterocycles. The summed E-state index contributed by atoms with van der Waals surface area (Å²) in [5.41, 5.74) is 2.45. The van der Waals surface area contributed by atoms with Crippen molar-refractivity contribution in [1.29, 1.82) is 0 Å². The number of nitrogens with zero attached hydrogens (tertiary/aromatic N) is 3. The van der Waals surface area contributed by atoms with Crippen molar-refractivity contribution in [3.05, 3.63) is 108 Å². The molecule has 3 atom stereocenters. The minimum Gasteiger partial charge on any atom is -0.480 e. The number of rotatable bonds is 10. The Morgan fingerprint density at radius 3 is 1.63 bits per heavy atom. The van der Waals surface area contributed by atoms with Crippen LogP contribution in [0.1, 0.15) is 30.5 Å². The summed E-state index contributed by atoms with van der Waals surface area (Å²) in [4.78, 5) is 43.1. The molecule has 0 bridgehead atoms. The number of benzene rings is 3. The summed E-state index contributed by atoms with van der Waals surface area (Å²) in [5, 5.41) is 9.57. The van der Waals surface area contributed by atoms with E-state index in [2.05, 4.69) is 41.3 Å². The van der Waals surface area contributed by atoms with E-state index < -0.39 is 29.5 Å². The smallest absolute Gasteiger partial charge is 0.326 e. The number of likely N-dealkylation sites (N-methyl/N-ethyl adjacent to an activating group) is 2. The van der Waals surface area contributed by atoms with Crippen LogP contribution in [0.15, 0.2) is 91.0 Å². The van der Waals surface area contributed by atoms with Crippen LogP contribution in [0.4, 0.5) is 0 Å². The average Bonchev–Trinajstić information content (AvgIpc) is 3.71. The fourth-order valence-electron chi connectivity index (χ4n) is 5.46. The van der Waals surface area contributed by atoms with E-state index in [1.54, 1.807) is 20.9 Å². The molecule has 0 spiro atoms. The van der Waals surface area contributed by atoms with Crippen LogP contribution in [0.3, 0.4) is 0 Å². The van der Waals surface area contributed by atoms with Crippen molar-refractivity contribution in [3.8, 4) is 0 Å². The lowest BCUT2D eigenvalue weighted by Gasteiger charge is -2.38. The lowest BCUT2D eigenvalue weighted by atomic mass is 9.76. The molecule has 0 saturated carbocycles. The molecule has 198 valence electrons. The maximum Gasteiger partial charge on any atom is 0.326 e. The molecule has 1 N–H and O–H groups in total. The second-order valence-corrected chi connectivity index (χ2v) is 10.2. The summed E-state index contributed by atoms with van der Waals surface area (Å²) < 4.78 is 0. The Hall–Kier alpha value is -3.97. The summed E-state index contributed by atoms with van der Waals surface area (Å²) in [7, 11) is 3.08. The van der Waals surface area contributed by atoms with Crippen LogP contribution in [0.5, 0.6) is 0 Å². The normalized spacial score (nSPS) is 17.5. The number of carbonyl (C=O) groups excluding carboxylic acids is 2. The molecular weight excluding hydrogens is 478 g/mol. The van der Waals surface area contributed by atoms with Crippen LogP contribution in [0, 0.1) is 5.92 Å². The number of carboxylic acid groups (broad SMARTS) is 1. The Balaban J connectivity index is 1.65. The van der Waals surface area contributed by atoms with Gasteiger partial charge in [-0.15, -0.1) is 0 Å². The van der Waals surface area contributed by atoms with Gasteiger partial charge in [-0.2, -0.15) is 0 Å². The second-order valence-electron chi connectivity index (χ2n) is 10.2. The molecule has 1 unspecified atom stereocenters. The standard InChI is InChI=1S/C31H35N3O4/c1-22(2)28(30(37)38)33(4)27(35)21-32(3)29(36)26-20-34(26)31(23-14-8-5-9-15-23,24-16-10-6-11-17-24)25-18-12-7-13-19-25/h5-19,22,26,28H,20-21H2,1-4H3,(H,37,38)/t26-,28+,34?/m1/s1. The van der Waals surface area contributed by atoms with Crippen molar-refractivity contribution in [2.24, 2.45) is 5.92 Å². The van der Waals surface area contributed by atoms with E-state index in [4.69, 9.17) is 0 Å². The SMILES string of the molecule is CC(C)[C@@H](C(=O)O)N(C)C(=O)CN(C)C(=O)[C@H]1CN1C(c1ccccc1)(c1ccccc1)c1ccccc1. The molecule has 4 rings (SSSR count). The third-order valence-corrected chi connectivity index (χ3v) is 7.35. The van der Waals surface area contributed by atoms with Gasteiger partial charge in [-0.3, -0.25) is 14.5 Å². The fraction of sp³-hybridized carbons (Fsp3) is 0.323. The minimum absolute atomic E-state index is 0.171. The zero-order valence-electron chi connectivity index (χ0n) is 22.3. The maximum atomic E-state index is 13.6. The highest BCUT2D eigenvalue weighted by Gasteiger charge is 2.56. The van der Waals surface area contributed by atoms with E-state index >= 15 is 0 Å². The van der Waals surface area contributed by atoms with Gasteiger partial charge in [0, 0.05) is 20.6 Å². The molecule has 7 nitrogen and oxygen atoms in total. The van der Waals surface area contributed by atoms with Crippen molar-refractivity contribution in [2.75, 3.05) is 27.2 Å². The van der Waals surface area contributed by atoms with Gasteiger partial charge in [-0.1, -0.05) is 105 Å². The van der Waals surface area contributed by atoms with Crippen LogP contribution in [0.2, 0.25) is 0 Å². The first-order valence-electron chi connectivity index (χ1n) is 12.9. The topological polar surface area (TPSA) is 80.9 Å². The van der Waals surface area contributed by atoms with E-state index in [1.165, 1.54) is 16.8 Å². The highest BCUT2D eigenvalue weighted by atomic mass is 16.4. The van der Waals surface area contributed by atoms with Gasteiger partial charge in [-0.05, 0) is 22.6 Å². The summed E-state index contributed by atoms with van der Waals surface area (Å²) in [6.07, 6.45) is 0. The van der Waals surface area contributed by atoms with E-state index in [-0.39, 0.29) is 18.4 Å². The van der Waals surface area contributed by atoms with Crippen molar-refractivity contribution >= 4 is 17.8 Å². The maximum absolute atomic E-state index is 13.6. The number of hydrogen-bond acceptors (Lipinski definition) is 4. The van der Waals surface area contributed by atoms with Gasteiger partial charge < -0.3 is 14.9 Å². The first-order chi connectivity index (χ1) is 18.2. The predicted octanol–water partition coefficient (Wildman–Crippen LogP) is 3.69. The van der Waals surface area contributed by atoms with Gasteiger partial charge >= 0.3 is 5.97 Å². The number of hydrogen-bond donors (Lipinski definition) is 1. The molecule has 1 aliphatic heterocycles. The fourth-order valence-corrected chi connectivity index (χ4v) is 5.46. The van der Waals surface area contributed by atoms with Gasteiger partial charge in [-0.25, -0.2) is 4.79 Å². The highest BCUT2D eigenvalue weighted by Crippen LogP contribution is 2.48. The molecule has 3 aromatic rings. The first-order valence-corrected chi connectivity index (χ1v) is 12.9. The van der Waals surface area contributed by atoms with Crippen molar-refractivity contribution < 1.29 is 19.5 Å². The molecule has 3 aromatic carbocycles. The number of amides is 2. The Bertz CT molecular complexity index is 1170. The van der Waals surface area contributed by atoms with Crippen molar-refractivity contribution in [1.82, 2.24) is 14.7 Å². The Labute approximate surface area is 224 Å². The molecule has 1 fully saturated rings.